The molecule has 162 valence electrons. The summed E-state index contributed by atoms with van der Waals surface area (Å²) >= 11 is 0. The minimum atomic E-state index is -0.379. The Hall–Kier alpha value is -3.22. The van der Waals surface area contributed by atoms with Gasteiger partial charge in [-0.15, -0.1) is 0 Å². The molecule has 2 aromatic carbocycles. The van der Waals surface area contributed by atoms with Crippen molar-refractivity contribution >= 4 is 22.8 Å². The molecular weight excluding hydrogens is 395 g/mol. The monoisotopic (exact) mass is 422 g/mol. The summed E-state index contributed by atoms with van der Waals surface area (Å²) in [5.41, 5.74) is 2.38. The Kier molecular flexibility index (Phi) is 5.76. The number of para-hydroxylation sites is 2. The predicted octanol–water partition coefficient (Wildman–Crippen LogP) is 3.46. The summed E-state index contributed by atoms with van der Waals surface area (Å²) in [4.78, 5) is 34.4. The van der Waals surface area contributed by atoms with Crippen molar-refractivity contribution in [3.63, 3.8) is 0 Å². The molecular formula is C24H27FN4O2. The molecule has 0 N–H and O–H groups in total. The number of hydrogen-bond acceptors (Lipinski definition) is 4. The first-order valence-corrected chi connectivity index (χ1v) is 10.6. The van der Waals surface area contributed by atoms with Gasteiger partial charge in [-0.3, -0.25) is 9.59 Å². The molecule has 6 nitrogen and oxygen atoms in total. The summed E-state index contributed by atoms with van der Waals surface area (Å²) in [7, 11) is 0. The fourth-order valence-electron chi connectivity index (χ4n) is 3.96. The van der Waals surface area contributed by atoms with E-state index in [2.05, 4.69) is 18.8 Å². The topological polar surface area (TPSA) is 58.4 Å². The molecule has 0 atom stereocenters. The van der Waals surface area contributed by atoms with Gasteiger partial charge in [0, 0.05) is 38.3 Å². The van der Waals surface area contributed by atoms with Crippen LogP contribution in [-0.4, -0.2) is 46.5 Å². The van der Waals surface area contributed by atoms with Crippen molar-refractivity contribution in [2.75, 3.05) is 31.1 Å². The Bertz CT molecular complexity index is 1180. The molecule has 0 saturated carbocycles. The lowest BCUT2D eigenvalue weighted by Crippen LogP contribution is -2.50. The van der Waals surface area contributed by atoms with Gasteiger partial charge in [-0.1, -0.05) is 32.0 Å². The van der Waals surface area contributed by atoms with Crippen LogP contribution in [0.1, 0.15) is 29.8 Å². The van der Waals surface area contributed by atoms with E-state index in [0.29, 0.717) is 55.6 Å². The van der Waals surface area contributed by atoms with Crippen LogP contribution in [0, 0.1) is 18.7 Å². The fourth-order valence-corrected chi connectivity index (χ4v) is 3.96. The van der Waals surface area contributed by atoms with Gasteiger partial charge in [0.15, 0.2) is 5.82 Å². The smallest absolute Gasteiger partial charge is 0.294 e. The first-order chi connectivity index (χ1) is 14.8. The number of fused-ring (bicyclic) bond motifs is 1. The molecule has 1 saturated heterocycles. The van der Waals surface area contributed by atoms with Crippen LogP contribution in [0.15, 0.2) is 47.3 Å². The number of carbonyl (C=O) groups is 1. The molecule has 0 aliphatic carbocycles. The van der Waals surface area contributed by atoms with Crippen molar-refractivity contribution in [3.05, 3.63) is 69.8 Å². The second kappa shape index (κ2) is 8.49. The summed E-state index contributed by atoms with van der Waals surface area (Å²) in [5, 5.41) is 0. The summed E-state index contributed by atoms with van der Waals surface area (Å²) in [6.07, 6.45) is 0. The van der Waals surface area contributed by atoms with Crippen molar-refractivity contribution in [2.45, 2.75) is 27.3 Å². The Morgan fingerprint density at radius 3 is 2.48 bits per heavy atom. The quantitative estimate of drug-likeness (QED) is 0.646. The second-order valence-electron chi connectivity index (χ2n) is 8.48. The zero-order chi connectivity index (χ0) is 22.1. The zero-order valence-electron chi connectivity index (χ0n) is 18.1. The largest absolute Gasteiger partial charge is 0.348 e. The van der Waals surface area contributed by atoms with Gasteiger partial charge >= 0.3 is 0 Å². The molecule has 0 bridgehead atoms. The maximum Gasteiger partial charge on any atom is 0.294 e. The van der Waals surface area contributed by atoms with Crippen molar-refractivity contribution < 1.29 is 9.18 Å². The second-order valence-corrected chi connectivity index (χ2v) is 8.48. The summed E-state index contributed by atoms with van der Waals surface area (Å²) in [5.74, 6) is 0.173. The van der Waals surface area contributed by atoms with Gasteiger partial charge in [0.25, 0.3) is 11.5 Å². The number of hydrogen-bond donors (Lipinski definition) is 0. The van der Waals surface area contributed by atoms with Gasteiger partial charge < -0.3 is 14.4 Å². The third-order valence-corrected chi connectivity index (χ3v) is 5.67. The first-order valence-electron chi connectivity index (χ1n) is 10.6. The van der Waals surface area contributed by atoms with Crippen molar-refractivity contribution in [1.29, 1.82) is 0 Å². The minimum absolute atomic E-state index is 0.104. The lowest BCUT2D eigenvalue weighted by molar-refractivity contribution is 0.0746. The van der Waals surface area contributed by atoms with Crippen LogP contribution in [-0.2, 0) is 6.54 Å². The molecule has 2 heterocycles. The normalized spacial score (nSPS) is 14.5. The third kappa shape index (κ3) is 4.17. The maximum absolute atomic E-state index is 13.9. The number of piperazine rings is 1. The standard InChI is InChI=1S/C24H27FN4O2/c1-16(2)15-29-21-7-5-4-6-20(21)26-22(24(29)31)27-10-12-28(13-11-27)23(30)18-9-8-17(3)19(25)14-18/h4-9,14,16H,10-13,15H2,1-3H3. The van der Waals surface area contributed by atoms with Crippen LogP contribution in [0.25, 0.3) is 11.0 Å². The molecule has 1 fully saturated rings. The molecule has 0 unspecified atom stereocenters. The van der Waals surface area contributed by atoms with E-state index in [4.69, 9.17) is 0 Å². The average molecular weight is 423 g/mol. The van der Waals surface area contributed by atoms with Crippen LogP contribution < -0.4 is 10.5 Å². The Morgan fingerprint density at radius 2 is 1.81 bits per heavy atom. The Balaban J connectivity index is 1.57. The number of nitrogens with zero attached hydrogens (tertiary/aromatic N) is 4. The highest BCUT2D eigenvalue weighted by Gasteiger charge is 2.26. The first kappa shape index (κ1) is 21.0. The van der Waals surface area contributed by atoms with Crippen LogP contribution >= 0.6 is 0 Å². The van der Waals surface area contributed by atoms with Crippen molar-refractivity contribution in [1.82, 2.24) is 14.5 Å². The number of rotatable bonds is 4. The minimum Gasteiger partial charge on any atom is -0.348 e. The zero-order valence-corrected chi connectivity index (χ0v) is 18.1. The number of halogens is 1. The molecule has 1 aromatic heterocycles. The number of carbonyl (C=O) groups excluding carboxylic acids is 1. The molecule has 4 rings (SSSR count). The van der Waals surface area contributed by atoms with Gasteiger partial charge in [0.1, 0.15) is 5.82 Å². The van der Waals surface area contributed by atoms with Crippen molar-refractivity contribution in [3.8, 4) is 0 Å². The van der Waals surface area contributed by atoms with Gasteiger partial charge in [-0.05, 0) is 42.7 Å². The summed E-state index contributed by atoms with van der Waals surface area (Å²) in [6.45, 7) is 8.36. The van der Waals surface area contributed by atoms with E-state index < -0.39 is 0 Å². The molecule has 1 aliphatic heterocycles. The van der Waals surface area contributed by atoms with Crippen LogP contribution in [0.5, 0.6) is 0 Å². The van der Waals surface area contributed by atoms with Crippen LogP contribution in [0.3, 0.4) is 0 Å². The van der Waals surface area contributed by atoms with E-state index >= 15 is 0 Å². The summed E-state index contributed by atoms with van der Waals surface area (Å²) in [6, 6.07) is 12.2. The van der Waals surface area contributed by atoms with Crippen molar-refractivity contribution in [2.24, 2.45) is 5.92 Å². The molecule has 1 amide bonds. The lowest BCUT2D eigenvalue weighted by atomic mass is 10.1. The SMILES string of the molecule is Cc1ccc(C(=O)N2CCN(c3nc4ccccc4n(CC(C)C)c3=O)CC2)cc1F. The molecule has 0 spiro atoms. The van der Waals surface area contributed by atoms with E-state index in [1.807, 2.05) is 29.2 Å². The molecule has 3 aromatic rings. The van der Waals surface area contributed by atoms with Gasteiger partial charge in [0.2, 0.25) is 0 Å². The van der Waals surface area contributed by atoms with Gasteiger partial charge in [-0.2, -0.15) is 0 Å². The van der Waals surface area contributed by atoms with Gasteiger partial charge in [0.05, 0.1) is 11.0 Å². The summed E-state index contributed by atoms with van der Waals surface area (Å²) < 4.78 is 15.7. The number of benzene rings is 2. The molecule has 7 heteroatoms. The van der Waals surface area contributed by atoms with Crippen LogP contribution in [0.4, 0.5) is 10.2 Å². The number of aromatic nitrogens is 2. The van der Waals surface area contributed by atoms with E-state index in [9.17, 15) is 14.0 Å². The lowest BCUT2D eigenvalue weighted by Gasteiger charge is -2.35. The third-order valence-electron chi connectivity index (χ3n) is 5.67. The fraction of sp³-hybridized carbons (Fsp3) is 0.375. The van der Waals surface area contributed by atoms with Crippen LogP contribution in [0.2, 0.25) is 0 Å². The molecule has 31 heavy (non-hydrogen) atoms. The Labute approximate surface area is 180 Å². The van der Waals surface area contributed by atoms with E-state index in [0.717, 1.165) is 11.0 Å². The molecule has 1 aliphatic rings. The highest BCUT2D eigenvalue weighted by Crippen LogP contribution is 2.18. The maximum atomic E-state index is 13.9. The highest BCUT2D eigenvalue weighted by atomic mass is 19.1. The van der Waals surface area contributed by atoms with E-state index in [1.165, 1.54) is 6.07 Å². The van der Waals surface area contributed by atoms with E-state index in [-0.39, 0.29) is 17.3 Å². The highest BCUT2D eigenvalue weighted by molar-refractivity contribution is 5.94. The number of amides is 1. The number of anilines is 1. The Morgan fingerprint density at radius 1 is 1.10 bits per heavy atom. The predicted molar refractivity (Wildman–Crippen MR) is 120 cm³/mol. The average Bonchev–Trinajstić information content (AvgIpc) is 2.77. The molecule has 0 radical (unpaired) electrons. The van der Waals surface area contributed by atoms with E-state index in [1.54, 1.807) is 28.5 Å². The van der Waals surface area contributed by atoms with Gasteiger partial charge in [-0.25, -0.2) is 9.37 Å². The number of aryl methyl sites for hydroxylation is 1.